The molecule has 1 atom stereocenters. The average Bonchev–Trinajstić information content (AvgIpc) is 3.43. The zero-order chi connectivity index (χ0) is 27.0. The van der Waals surface area contributed by atoms with Crippen molar-refractivity contribution in [2.75, 3.05) is 24.7 Å². The topological polar surface area (TPSA) is 115 Å². The molecule has 38 heavy (non-hydrogen) atoms. The van der Waals surface area contributed by atoms with Crippen molar-refractivity contribution in [1.29, 1.82) is 0 Å². The molecule has 0 bridgehead atoms. The van der Waals surface area contributed by atoms with Gasteiger partial charge in [-0.25, -0.2) is 4.98 Å². The number of carbonyl (C=O) groups excluding carboxylic acids is 3. The first-order valence-corrected chi connectivity index (χ1v) is 12.6. The molecule has 2 aromatic carbocycles. The lowest BCUT2D eigenvalue weighted by Gasteiger charge is -2.23. The third-order valence-electron chi connectivity index (χ3n) is 6.11. The maximum atomic E-state index is 13.5. The number of aliphatic hydroxyl groups excluding tert-OH is 1. The number of aryl methyl sites for hydroxylation is 1. The Balaban J connectivity index is 1.69. The van der Waals surface area contributed by atoms with Crippen molar-refractivity contribution < 1.29 is 33.7 Å². The number of Topliss-reactive ketones (excluding diaryl/α,β-unsaturated/α-hetero) is 2. The number of nitrogens with zero attached hydrogens (tertiary/aromatic N) is 2. The highest BCUT2D eigenvalue weighted by atomic mass is 32.1. The average molecular weight is 533 g/mol. The molecule has 1 fully saturated rings. The predicted octanol–water partition coefficient (Wildman–Crippen LogP) is 4.62. The molecule has 1 aromatic heterocycles. The molecule has 9 nitrogen and oxygen atoms in total. The van der Waals surface area contributed by atoms with E-state index in [9.17, 15) is 19.5 Å². The number of ether oxygens (including phenoxy) is 3. The van der Waals surface area contributed by atoms with E-state index < -0.39 is 17.7 Å². The van der Waals surface area contributed by atoms with Crippen molar-refractivity contribution in [2.45, 2.75) is 19.9 Å². The highest BCUT2D eigenvalue weighted by Gasteiger charge is 2.48. The van der Waals surface area contributed by atoms with Gasteiger partial charge in [-0.3, -0.25) is 19.3 Å². The molecule has 1 saturated heterocycles. The van der Waals surface area contributed by atoms with Crippen molar-refractivity contribution in [1.82, 2.24) is 4.98 Å². The second kappa shape index (κ2) is 10.1. The van der Waals surface area contributed by atoms with Crippen LogP contribution in [0.15, 0.2) is 60.7 Å². The minimum atomic E-state index is -1.03. The van der Waals surface area contributed by atoms with Gasteiger partial charge in [-0.15, -0.1) is 0 Å². The van der Waals surface area contributed by atoms with Crippen LogP contribution in [-0.2, 0) is 9.59 Å². The molecule has 0 radical (unpaired) electrons. The Hall–Kier alpha value is -4.44. The van der Waals surface area contributed by atoms with E-state index in [0.29, 0.717) is 46.6 Å². The van der Waals surface area contributed by atoms with E-state index in [0.717, 1.165) is 11.3 Å². The van der Waals surface area contributed by atoms with Gasteiger partial charge in [-0.05, 0) is 42.8 Å². The van der Waals surface area contributed by atoms with Gasteiger partial charge >= 0.3 is 5.91 Å². The Morgan fingerprint density at radius 2 is 1.97 bits per heavy atom. The largest absolute Gasteiger partial charge is 0.507 e. The minimum absolute atomic E-state index is 0.121. The van der Waals surface area contributed by atoms with Crippen LogP contribution in [0.5, 0.6) is 17.2 Å². The van der Waals surface area contributed by atoms with E-state index in [1.807, 2.05) is 0 Å². The third kappa shape index (κ3) is 4.43. The summed E-state index contributed by atoms with van der Waals surface area (Å²) in [6, 6.07) is 10.7. The molecule has 5 rings (SSSR count). The van der Waals surface area contributed by atoms with Crippen LogP contribution in [0.2, 0.25) is 0 Å². The fourth-order valence-corrected chi connectivity index (χ4v) is 5.42. The van der Waals surface area contributed by atoms with Gasteiger partial charge in [-0.2, -0.15) is 0 Å². The second-order valence-electron chi connectivity index (χ2n) is 8.67. The summed E-state index contributed by atoms with van der Waals surface area (Å²) in [5, 5.41) is 11.6. The molecule has 194 valence electrons. The number of hydrogen-bond donors (Lipinski definition) is 1. The number of aliphatic hydroxyl groups is 1. The zero-order valence-electron chi connectivity index (χ0n) is 20.7. The van der Waals surface area contributed by atoms with E-state index in [4.69, 9.17) is 14.2 Å². The SMILES string of the molecule is C=CCOc1cccc([C@@H]2C(=C(O)c3ccc4c(c3)OCCO4)C(=O)C(=O)N2c2nc(C)c(C(C)=O)s2)c1. The van der Waals surface area contributed by atoms with Crippen LogP contribution in [0, 0.1) is 6.92 Å². The van der Waals surface area contributed by atoms with Crippen LogP contribution < -0.4 is 19.1 Å². The van der Waals surface area contributed by atoms with Gasteiger partial charge in [0.25, 0.3) is 5.78 Å². The van der Waals surface area contributed by atoms with E-state index in [-0.39, 0.29) is 34.4 Å². The zero-order valence-corrected chi connectivity index (χ0v) is 21.5. The van der Waals surface area contributed by atoms with Gasteiger partial charge in [0.05, 0.1) is 22.2 Å². The molecule has 1 amide bonds. The lowest BCUT2D eigenvalue weighted by atomic mass is 9.95. The summed E-state index contributed by atoms with van der Waals surface area (Å²) < 4.78 is 16.9. The highest BCUT2D eigenvalue weighted by molar-refractivity contribution is 7.18. The number of amides is 1. The third-order valence-corrected chi connectivity index (χ3v) is 7.37. The number of fused-ring (bicyclic) bond motifs is 1. The van der Waals surface area contributed by atoms with Crippen LogP contribution in [0.3, 0.4) is 0 Å². The number of aromatic nitrogens is 1. The molecular formula is C28H24N2O7S. The van der Waals surface area contributed by atoms with Crippen molar-refractivity contribution in [3.05, 3.63) is 82.4 Å². The summed E-state index contributed by atoms with van der Waals surface area (Å²) in [6.45, 7) is 7.75. The minimum Gasteiger partial charge on any atom is -0.507 e. The Morgan fingerprint density at radius 1 is 1.21 bits per heavy atom. The van der Waals surface area contributed by atoms with Crippen LogP contribution in [-0.4, -0.2) is 47.4 Å². The normalized spacial score (nSPS) is 17.9. The Morgan fingerprint density at radius 3 is 2.68 bits per heavy atom. The number of rotatable bonds is 7. The summed E-state index contributed by atoms with van der Waals surface area (Å²) in [7, 11) is 0. The first kappa shape index (κ1) is 25.2. The maximum absolute atomic E-state index is 13.5. The monoisotopic (exact) mass is 532 g/mol. The molecular weight excluding hydrogens is 508 g/mol. The first-order chi connectivity index (χ1) is 18.3. The molecule has 0 unspecified atom stereocenters. The van der Waals surface area contributed by atoms with E-state index in [2.05, 4.69) is 11.6 Å². The van der Waals surface area contributed by atoms with Crippen molar-refractivity contribution in [2.24, 2.45) is 0 Å². The second-order valence-corrected chi connectivity index (χ2v) is 9.64. The quantitative estimate of drug-likeness (QED) is 0.154. The number of carbonyl (C=O) groups is 3. The Labute approximate surface area is 222 Å². The van der Waals surface area contributed by atoms with Crippen LogP contribution in [0.25, 0.3) is 5.76 Å². The van der Waals surface area contributed by atoms with Gasteiger partial charge < -0.3 is 19.3 Å². The number of ketones is 2. The number of anilines is 1. The Kier molecular flexibility index (Phi) is 6.73. The fraction of sp³-hybridized carbons (Fsp3) is 0.214. The van der Waals surface area contributed by atoms with Crippen molar-refractivity contribution in [3.63, 3.8) is 0 Å². The van der Waals surface area contributed by atoms with Crippen LogP contribution in [0.4, 0.5) is 5.13 Å². The van der Waals surface area contributed by atoms with E-state index >= 15 is 0 Å². The maximum Gasteiger partial charge on any atom is 0.301 e. The molecule has 1 N–H and O–H groups in total. The molecule has 3 heterocycles. The van der Waals surface area contributed by atoms with Gasteiger partial charge in [0.15, 0.2) is 22.4 Å². The summed E-state index contributed by atoms with van der Waals surface area (Å²) in [6.07, 6.45) is 1.60. The molecule has 3 aromatic rings. The molecule has 0 spiro atoms. The number of benzene rings is 2. The lowest BCUT2D eigenvalue weighted by molar-refractivity contribution is -0.132. The van der Waals surface area contributed by atoms with Crippen molar-refractivity contribution in [3.8, 4) is 17.2 Å². The molecule has 0 aliphatic carbocycles. The summed E-state index contributed by atoms with van der Waals surface area (Å²) in [5.41, 5.74) is 1.14. The van der Waals surface area contributed by atoms with Gasteiger partial charge in [0.1, 0.15) is 31.3 Å². The predicted molar refractivity (Wildman–Crippen MR) is 141 cm³/mol. The van der Waals surface area contributed by atoms with Gasteiger partial charge in [0.2, 0.25) is 0 Å². The van der Waals surface area contributed by atoms with E-state index in [1.165, 1.54) is 11.8 Å². The Bertz CT molecular complexity index is 1510. The van der Waals surface area contributed by atoms with Crippen LogP contribution >= 0.6 is 11.3 Å². The lowest BCUT2D eigenvalue weighted by Crippen LogP contribution is -2.29. The van der Waals surface area contributed by atoms with Crippen molar-refractivity contribution >= 4 is 39.7 Å². The summed E-state index contributed by atoms with van der Waals surface area (Å²) >= 11 is 1.02. The van der Waals surface area contributed by atoms with Gasteiger partial charge in [-0.1, -0.05) is 36.1 Å². The van der Waals surface area contributed by atoms with E-state index in [1.54, 1.807) is 55.5 Å². The standard InChI is InChI=1S/C28H24N2O7S/c1-4-10-35-19-7-5-6-17(13-19)23-22(24(32)18-8-9-20-21(14-18)37-12-11-36-20)25(33)27(34)30(23)28-29-15(2)26(38-28)16(3)31/h4-9,13-14,23,32H,1,10-12H2,2-3H3/t23-/m1/s1. The molecule has 0 saturated carbocycles. The molecule has 2 aliphatic rings. The molecule has 10 heteroatoms. The first-order valence-electron chi connectivity index (χ1n) is 11.8. The fourth-order valence-electron chi connectivity index (χ4n) is 4.43. The molecule has 2 aliphatic heterocycles. The summed E-state index contributed by atoms with van der Waals surface area (Å²) in [4.78, 5) is 45.1. The number of hydrogen-bond acceptors (Lipinski definition) is 9. The smallest absolute Gasteiger partial charge is 0.301 e. The number of thiazole rings is 1. The van der Waals surface area contributed by atoms with Crippen LogP contribution in [0.1, 0.15) is 39.5 Å². The summed E-state index contributed by atoms with van der Waals surface area (Å²) in [5.74, 6) is -0.875. The highest BCUT2D eigenvalue weighted by Crippen LogP contribution is 2.45. The van der Waals surface area contributed by atoms with Gasteiger partial charge in [0, 0.05) is 12.5 Å².